The molecule has 1 saturated heterocycles. The summed E-state index contributed by atoms with van der Waals surface area (Å²) in [5, 5.41) is 0. The van der Waals surface area contributed by atoms with Gasteiger partial charge in [0.05, 0.1) is 11.8 Å². The summed E-state index contributed by atoms with van der Waals surface area (Å²) in [5.74, 6) is -0.975. The van der Waals surface area contributed by atoms with E-state index in [4.69, 9.17) is 0 Å². The van der Waals surface area contributed by atoms with Crippen LogP contribution in [-0.4, -0.2) is 34.7 Å². The Morgan fingerprint density at radius 3 is 2.18 bits per heavy atom. The minimum absolute atomic E-state index is 0.156. The van der Waals surface area contributed by atoms with E-state index in [2.05, 4.69) is 58.0 Å². The lowest BCUT2D eigenvalue weighted by atomic mass is 9.65. The van der Waals surface area contributed by atoms with Crippen molar-refractivity contribution >= 4 is 23.4 Å². The number of nitrogens with zero attached hydrogens (tertiary/aromatic N) is 2. The lowest BCUT2D eigenvalue weighted by Gasteiger charge is -2.51. The van der Waals surface area contributed by atoms with Gasteiger partial charge in [-0.05, 0) is 57.2 Å². The van der Waals surface area contributed by atoms with Crippen LogP contribution in [-0.2, 0) is 19.8 Å². The zero-order valence-electron chi connectivity index (χ0n) is 20.6. The van der Waals surface area contributed by atoms with Crippen molar-refractivity contribution in [3.63, 3.8) is 0 Å². The Balaban J connectivity index is 1.53. The average Bonchev–Trinajstić information content (AvgIpc) is 3.04. The zero-order valence-corrected chi connectivity index (χ0v) is 20.6. The minimum Gasteiger partial charge on any atom is -0.305 e. The molecule has 0 spiro atoms. The van der Waals surface area contributed by atoms with Crippen LogP contribution in [0.3, 0.4) is 0 Å². The molecule has 3 aliphatic rings. The van der Waals surface area contributed by atoms with Gasteiger partial charge < -0.3 is 4.90 Å². The first kappa shape index (κ1) is 22.8. The van der Waals surface area contributed by atoms with Crippen molar-refractivity contribution in [2.75, 3.05) is 11.4 Å². The van der Waals surface area contributed by atoms with Crippen LogP contribution in [0.1, 0.15) is 69.6 Å². The Morgan fingerprint density at radius 1 is 0.941 bits per heavy atom. The van der Waals surface area contributed by atoms with Gasteiger partial charge in [-0.15, -0.1) is 0 Å². The number of hydrogen-bond donors (Lipinski definition) is 0. The lowest BCUT2D eigenvalue weighted by molar-refractivity contribution is -0.143. The molecule has 0 N–H and O–H groups in total. The summed E-state index contributed by atoms with van der Waals surface area (Å²) < 4.78 is 0. The summed E-state index contributed by atoms with van der Waals surface area (Å²) in [5.41, 5.74) is 3.58. The van der Waals surface area contributed by atoms with Crippen molar-refractivity contribution in [2.45, 2.75) is 70.8 Å². The van der Waals surface area contributed by atoms with Gasteiger partial charge in [0.1, 0.15) is 6.54 Å². The molecule has 5 rings (SSSR count). The van der Waals surface area contributed by atoms with Gasteiger partial charge in [-0.25, -0.2) is 0 Å². The summed E-state index contributed by atoms with van der Waals surface area (Å²) in [6.45, 7) is 8.32. The first-order chi connectivity index (χ1) is 16.1. The Hall–Kier alpha value is -2.95. The highest BCUT2D eigenvalue weighted by Gasteiger charge is 2.51. The number of benzene rings is 2. The molecular formula is C29H34N2O3. The van der Waals surface area contributed by atoms with Gasteiger partial charge in [-0.3, -0.25) is 19.3 Å². The van der Waals surface area contributed by atoms with Crippen molar-refractivity contribution in [2.24, 2.45) is 11.8 Å². The number of carbonyl (C=O) groups is 3. The van der Waals surface area contributed by atoms with Crippen LogP contribution in [0.15, 0.2) is 48.5 Å². The molecule has 34 heavy (non-hydrogen) atoms. The molecule has 0 aromatic heterocycles. The summed E-state index contributed by atoms with van der Waals surface area (Å²) in [6, 6.07) is 16.7. The molecule has 1 aliphatic carbocycles. The van der Waals surface area contributed by atoms with E-state index in [0.717, 1.165) is 48.9 Å². The maximum atomic E-state index is 13.8. The lowest BCUT2D eigenvalue weighted by Crippen LogP contribution is -2.58. The van der Waals surface area contributed by atoms with Crippen molar-refractivity contribution in [1.29, 1.82) is 0 Å². The van der Waals surface area contributed by atoms with Crippen LogP contribution in [0.25, 0.3) is 0 Å². The largest absolute Gasteiger partial charge is 0.305 e. The summed E-state index contributed by atoms with van der Waals surface area (Å²) in [6.07, 6.45) is 4.20. The van der Waals surface area contributed by atoms with Crippen molar-refractivity contribution in [3.8, 4) is 0 Å². The van der Waals surface area contributed by atoms with Crippen LogP contribution >= 0.6 is 0 Å². The molecule has 3 atom stereocenters. The second kappa shape index (κ2) is 8.07. The number of imide groups is 1. The third-order valence-electron chi connectivity index (χ3n) is 8.27. The SMILES string of the molecule is Cc1ccc2c(c1)[C@@](C)(c1ccccc1)CC(C)(C)N2C(=O)CN1C(=O)[C@H]2CCCC[C@H]2C1=O. The summed E-state index contributed by atoms with van der Waals surface area (Å²) >= 11 is 0. The number of fused-ring (bicyclic) bond motifs is 2. The molecule has 0 bridgehead atoms. The van der Waals surface area contributed by atoms with Gasteiger partial charge in [0, 0.05) is 16.6 Å². The molecule has 0 radical (unpaired) electrons. The molecule has 2 aromatic carbocycles. The Morgan fingerprint density at radius 2 is 1.56 bits per heavy atom. The molecule has 5 nitrogen and oxygen atoms in total. The van der Waals surface area contributed by atoms with E-state index < -0.39 is 5.54 Å². The molecule has 2 heterocycles. The summed E-state index contributed by atoms with van der Waals surface area (Å²) in [4.78, 5) is 43.0. The van der Waals surface area contributed by atoms with Gasteiger partial charge in [-0.2, -0.15) is 0 Å². The fourth-order valence-electron chi connectivity index (χ4n) is 6.78. The van der Waals surface area contributed by atoms with E-state index in [1.54, 1.807) is 0 Å². The molecule has 2 aliphatic heterocycles. The van der Waals surface area contributed by atoms with E-state index in [1.807, 2.05) is 23.1 Å². The normalized spacial score (nSPS) is 28.0. The third-order valence-corrected chi connectivity index (χ3v) is 8.27. The van der Waals surface area contributed by atoms with E-state index in [1.165, 1.54) is 10.5 Å². The molecule has 1 saturated carbocycles. The molecule has 0 unspecified atom stereocenters. The highest BCUT2D eigenvalue weighted by atomic mass is 16.2. The van der Waals surface area contributed by atoms with Gasteiger partial charge in [0.2, 0.25) is 17.7 Å². The molecule has 3 amide bonds. The second-order valence-electron chi connectivity index (χ2n) is 11.2. The fourth-order valence-corrected chi connectivity index (χ4v) is 6.78. The number of rotatable bonds is 3. The van der Waals surface area contributed by atoms with Crippen LogP contribution in [0, 0.1) is 18.8 Å². The van der Waals surface area contributed by atoms with Crippen LogP contribution in [0.4, 0.5) is 5.69 Å². The van der Waals surface area contributed by atoms with Gasteiger partial charge in [0.25, 0.3) is 0 Å². The first-order valence-electron chi connectivity index (χ1n) is 12.5. The number of hydrogen-bond acceptors (Lipinski definition) is 3. The highest BCUT2D eigenvalue weighted by molar-refractivity contribution is 6.09. The number of carbonyl (C=O) groups excluding carboxylic acids is 3. The maximum absolute atomic E-state index is 13.8. The molecule has 5 heteroatoms. The smallest absolute Gasteiger partial charge is 0.247 e. The van der Waals surface area contributed by atoms with Crippen LogP contribution < -0.4 is 4.90 Å². The van der Waals surface area contributed by atoms with Gasteiger partial charge >= 0.3 is 0 Å². The fraction of sp³-hybridized carbons (Fsp3) is 0.483. The predicted molar refractivity (Wildman–Crippen MR) is 132 cm³/mol. The topological polar surface area (TPSA) is 57.7 Å². The molecular weight excluding hydrogens is 424 g/mol. The van der Waals surface area contributed by atoms with E-state index in [-0.39, 0.29) is 41.5 Å². The highest BCUT2D eigenvalue weighted by Crippen LogP contribution is 2.51. The van der Waals surface area contributed by atoms with E-state index >= 15 is 0 Å². The van der Waals surface area contributed by atoms with E-state index in [9.17, 15) is 14.4 Å². The Kier molecular flexibility index (Phi) is 5.42. The second-order valence-corrected chi connectivity index (χ2v) is 11.2. The zero-order chi connectivity index (χ0) is 24.3. The quantitative estimate of drug-likeness (QED) is 0.609. The Bertz CT molecular complexity index is 1130. The molecule has 2 aromatic rings. The van der Waals surface area contributed by atoms with Crippen molar-refractivity contribution in [1.82, 2.24) is 4.90 Å². The third kappa shape index (κ3) is 3.48. The number of aryl methyl sites for hydroxylation is 1. The molecule has 2 fully saturated rings. The maximum Gasteiger partial charge on any atom is 0.247 e. The minimum atomic E-state index is -0.498. The monoisotopic (exact) mass is 458 g/mol. The van der Waals surface area contributed by atoms with Gasteiger partial charge in [-0.1, -0.05) is 67.8 Å². The predicted octanol–water partition coefficient (Wildman–Crippen LogP) is 4.99. The standard InChI is InChI=1S/C29H34N2O3/c1-19-14-15-24-23(16-19)29(4,20-10-6-5-7-11-20)18-28(2,3)31(24)25(32)17-30-26(33)21-12-8-9-13-22(21)27(30)34/h5-7,10-11,14-16,21-22H,8-9,12-13,17-18H2,1-4H3/t21-,22+,29-/m1/s1. The van der Waals surface area contributed by atoms with Crippen molar-refractivity contribution < 1.29 is 14.4 Å². The first-order valence-corrected chi connectivity index (χ1v) is 12.5. The van der Waals surface area contributed by atoms with Crippen molar-refractivity contribution in [3.05, 3.63) is 65.2 Å². The number of amides is 3. The van der Waals surface area contributed by atoms with Crippen LogP contribution in [0.5, 0.6) is 0 Å². The van der Waals surface area contributed by atoms with Gasteiger partial charge in [0.15, 0.2) is 0 Å². The molecule has 178 valence electrons. The van der Waals surface area contributed by atoms with E-state index in [0.29, 0.717) is 0 Å². The Labute approximate surface area is 202 Å². The summed E-state index contributed by atoms with van der Waals surface area (Å²) in [7, 11) is 0. The average molecular weight is 459 g/mol. The number of anilines is 1. The van der Waals surface area contributed by atoms with Crippen LogP contribution in [0.2, 0.25) is 0 Å². The number of likely N-dealkylation sites (tertiary alicyclic amines) is 1.